The first-order chi connectivity index (χ1) is 11.5. The second kappa shape index (κ2) is 8.26. The molecule has 2 rings (SSSR count). The Balaban J connectivity index is 2.25. The van der Waals surface area contributed by atoms with Gasteiger partial charge in [-0.05, 0) is 35.7 Å². The van der Waals surface area contributed by atoms with Gasteiger partial charge in [-0.3, -0.25) is 4.79 Å². The number of ether oxygens (including phenoxy) is 1. The molecule has 0 saturated heterocycles. The monoisotopic (exact) mass is 327 g/mol. The number of carboxylic acids is 1. The van der Waals surface area contributed by atoms with E-state index in [1.165, 1.54) is 19.2 Å². The maximum absolute atomic E-state index is 12.6. The summed E-state index contributed by atoms with van der Waals surface area (Å²) >= 11 is 0. The molecule has 0 aliphatic rings. The molecule has 0 aromatic heterocycles. The molecule has 2 aromatic carbocycles. The second-order valence-corrected chi connectivity index (χ2v) is 5.52. The molecule has 5 heteroatoms. The lowest BCUT2D eigenvalue weighted by molar-refractivity contribution is -0.117. The first-order valence-electron chi connectivity index (χ1n) is 7.77. The molecule has 24 heavy (non-hydrogen) atoms. The molecule has 0 spiro atoms. The largest absolute Gasteiger partial charge is 0.478 e. The number of nitrogens with one attached hydrogen (secondary N) is 1. The molecule has 1 atom stereocenters. The predicted octanol–water partition coefficient (Wildman–Crippen LogP) is 3.66. The van der Waals surface area contributed by atoms with Crippen LogP contribution in [0.25, 0.3) is 0 Å². The molecule has 0 aliphatic carbocycles. The third-order valence-corrected chi connectivity index (χ3v) is 3.74. The molecular formula is C19H21NO4. The predicted molar refractivity (Wildman–Crippen MR) is 92.2 cm³/mol. The number of carboxylic acid groups (broad SMARTS) is 1. The Bertz CT molecular complexity index is 713. The normalized spacial score (nSPS) is 11.8. The Morgan fingerprint density at radius 2 is 1.88 bits per heavy atom. The van der Waals surface area contributed by atoms with Crippen LogP contribution in [0, 0.1) is 0 Å². The first-order valence-corrected chi connectivity index (χ1v) is 7.77. The zero-order valence-corrected chi connectivity index (χ0v) is 13.8. The van der Waals surface area contributed by atoms with E-state index < -0.39 is 5.97 Å². The van der Waals surface area contributed by atoms with E-state index in [-0.39, 0.29) is 24.0 Å². The molecule has 126 valence electrons. The van der Waals surface area contributed by atoms with Gasteiger partial charge < -0.3 is 15.2 Å². The van der Waals surface area contributed by atoms with E-state index in [0.717, 1.165) is 5.56 Å². The van der Waals surface area contributed by atoms with Crippen LogP contribution in [0.4, 0.5) is 5.69 Å². The van der Waals surface area contributed by atoms with E-state index >= 15 is 0 Å². The maximum Gasteiger partial charge on any atom is 0.335 e. The van der Waals surface area contributed by atoms with Gasteiger partial charge in [0.2, 0.25) is 5.91 Å². The van der Waals surface area contributed by atoms with Crippen molar-refractivity contribution < 1.29 is 19.4 Å². The average Bonchev–Trinajstić information content (AvgIpc) is 2.56. The molecule has 0 bridgehead atoms. The summed E-state index contributed by atoms with van der Waals surface area (Å²) in [6.45, 7) is 2.22. The van der Waals surface area contributed by atoms with Crippen LogP contribution in [-0.2, 0) is 16.1 Å². The summed E-state index contributed by atoms with van der Waals surface area (Å²) in [7, 11) is 1.54. The van der Waals surface area contributed by atoms with Gasteiger partial charge in [0, 0.05) is 12.8 Å². The zero-order valence-electron chi connectivity index (χ0n) is 13.8. The van der Waals surface area contributed by atoms with Crippen LogP contribution in [-0.4, -0.2) is 24.1 Å². The number of carbonyl (C=O) groups excluding carboxylic acids is 1. The summed E-state index contributed by atoms with van der Waals surface area (Å²) in [5, 5.41) is 12.0. The fourth-order valence-electron chi connectivity index (χ4n) is 2.62. The molecule has 0 aliphatic heterocycles. The number of hydrogen-bond donors (Lipinski definition) is 2. The van der Waals surface area contributed by atoms with Crippen molar-refractivity contribution in [3.8, 4) is 0 Å². The lowest BCUT2D eigenvalue weighted by atomic mass is 9.95. The Kier molecular flexibility index (Phi) is 6.09. The van der Waals surface area contributed by atoms with Crippen LogP contribution >= 0.6 is 0 Å². The Labute approximate surface area is 141 Å². The van der Waals surface area contributed by atoms with E-state index in [0.29, 0.717) is 17.7 Å². The minimum absolute atomic E-state index is 0.118. The van der Waals surface area contributed by atoms with E-state index in [9.17, 15) is 14.7 Å². The van der Waals surface area contributed by atoms with Gasteiger partial charge in [-0.15, -0.1) is 0 Å². The summed E-state index contributed by atoms with van der Waals surface area (Å²) in [5.74, 6) is -1.49. The van der Waals surface area contributed by atoms with Gasteiger partial charge in [0.1, 0.15) is 0 Å². The highest BCUT2D eigenvalue weighted by atomic mass is 16.5. The standard InChI is InChI=1S/C19H21NO4/c1-3-17(14-7-5-4-6-8-14)18(21)20-16-10-13(12-24-2)9-15(11-16)19(22)23/h4-11,17H,3,12H2,1-2H3,(H,20,21)(H,22,23). The average molecular weight is 327 g/mol. The van der Waals surface area contributed by atoms with Gasteiger partial charge in [-0.2, -0.15) is 0 Å². The number of rotatable bonds is 7. The lowest BCUT2D eigenvalue weighted by Crippen LogP contribution is -2.21. The summed E-state index contributed by atoms with van der Waals surface area (Å²) in [4.78, 5) is 23.9. The molecule has 0 saturated carbocycles. The Hall–Kier alpha value is -2.66. The number of benzene rings is 2. The van der Waals surface area contributed by atoms with Crippen molar-refractivity contribution in [2.75, 3.05) is 12.4 Å². The van der Waals surface area contributed by atoms with Crippen molar-refractivity contribution in [1.29, 1.82) is 0 Å². The van der Waals surface area contributed by atoms with Gasteiger partial charge in [0.15, 0.2) is 0 Å². The quantitative estimate of drug-likeness (QED) is 0.813. The highest BCUT2D eigenvalue weighted by Gasteiger charge is 2.19. The highest BCUT2D eigenvalue weighted by molar-refractivity contribution is 5.97. The minimum Gasteiger partial charge on any atom is -0.478 e. The third-order valence-electron chi connectivity index (χ3n) is 3.74. The minimum atomic E-state index is -1.04. The van der Waals surface area contributed by atoms with Crippen LogP contribution in [0.5, 0.6) is 0 Å². The summed E-state index contributed by atoms with van der Waals surface area (Å²) < 4.78 is 5.05. The topological polar surface area (TPSA) is 75.6 Å². The van der Waals surface area contributed by atoms with Crippen LogP contribution < -0.4 is 5.32 Å². The number of aromatic carboxylic acids is 1. The lowest BCUT2D eigenvalue weighted by Gasteiger charge is -2.16. The van der Waals surface area contributed by atoms with E-state index in [4.69, 9.17) is 4.74 Å². The van der Waals surface area contributed by atoms with Crippen LogP contribution in [0.3, 0.4) is 0 Å². The number of methoxy groups -OCH3 is 1. The number of amides is 1. The molecule has 0 fully saturated rings. The van der Waals surface area contributed by atoms with E-state index in [1.807, 2.05) is 37.3 Å². The summed E-state index contributed by atoms with van der Waals surface area (Å²) in [6.07, 6.45) is 0.652. The molecule has 1 amide bonds. The highest BCUT2D eigenvalue weighted by Crippen LogP contribution is 2.23. The van der Waals surface area contributed by atoms with Crippen LogP contribution in [0.15, 0.2) is 48.5 Å². The first kappa shape index (κ1) is 17.7. The summed E-state index contributed by atoms with van der Waals surface area (Å²) in [6, 6.07) is 14.2. The molecular weight excluding hydrogens is 306 g/mol. The van der Waals surface area contributed by atoms with Crippen molar-refractivity contribution >= 4 is 17.6 Å². The third kappa shape index (κ3) is 4.43. The van der Waals surface area contributed by atoms with Crippen molar-refractivity contribution in [2.45, 2.75) is 25.9 Å². The molecule has 0 radical (unpaired) electrons. The van der Waals surface area contributed by atoms with Crippen molar-refractivity contribution in [2.24, 2.45) is 0 Å². The van der Waals surface area contributed by atoms with Crippen molar-refractivity contribution in [3.63, 3.8) is 0 Å². The van der Waals surface area contributed by atoms with E-state index in [1.54, 1.807) is 6.07 Å². The zero-order chi connectivity index (χ0) is 17.5. The molecule has 2 aromatic rings. The molecule has 1 unspecified atom stereocenters. The van der Waals surface area contributed by atoms with Crippen molar-refractivity contribution in [1.82, 2.24) is 0 Å². The fraction of sp³-hybridized carbons (Fsp3) is 0.263. The van der Waals surface area contributed by atoms with Gasteiger partial charge >= 0.3 is 5.97 Å². The van der Waals surface area contributed by atoms with E-state index in [2.05, 4.69) is 5.32 Å². The molecule has 2 N–H and O–H groups in total. The Morgan fingerprint density at radius 1 is 1.17 bits per heavy atom. The molecule has 5 nitrogen and oxygen atoms in total. The number of hydrogen-bond acceptors (Lipinski definition) is 3. The van der Waals surface area contributed by atoms with Crippen molar-refractivity contribution in [3.05, 3.63) is 65.2 Å². The number of carbonyl (C=O) groups is 2. The number of anilines is 1. The second-order valence-electron chi connectivity index (χ2n) is 5.52. The Morgan fingerprint density at radius 3 is 2.46 bits per heavy atom. The van der Waals surface area contributed by atoms with Gasteiger partial charge in [-0.25, -0.2) is 4.79 Å². The maximum atomic E-state index is 12.6. The van der Waals surface area contributed by atoms with Gasteiger partial charge in [-0.1, -0.05) is 37.3 Å². The fourth-order valence-corrected chi connectivity index (χ4v) is 2.62. The van der Waals surface area contributed by atoms with Crippen LogP contribution in [0.2, 0.25) is 0 Å². The van der Waals surface area contributed by atoms with Crippen LogP contribution in [0.1, 0.15) is 40.7 Å². The van der Waals surface area contributed by atoms with Gasteiger partial charge in [0.05, 0.1) is 18.1 Å². The smallest absolute Gasteiger partial charge is 0.335 e. The molecule has 0 heterocycles. The summed E-state index contributed by atoms with van der Waals surface area (Å²) in [5.41, 5.74) is 2.21. The van der Waals surface area contributed by atoms with Gasteiger partial charge in [0.25, 0.3) is 0 Å². The SMILES string of the molecule is CCC(C(=O)Nc1cc(COC)cc(C(=O)O)c1)c1ccccc1.